The van der Waals surface area contributed by atoms with Crippen LogP contribution in [0.25, 0.3) is 10.4 Å². The summed E-state index contributed by atoms with van der Waals surface area (Å²) in [6, 6.07) is 10.7. The van der Waals surface area contributed by atoms with Crippen molar-refractivity contribution in [1.82, 2.24) is 4.90 Å². The summed E-state index contributed by atoms with van der Waals surface area (Å²) in [5.41, 5.74) is 1.66. The molecule has 1 aliphatic heterocycles. The molecule has 1 saturated heterocycles. The van der Waals surface area contributed by atoms with E-state index in [0.717, 1.165) is 17.7 Å². The summed E-state index contributed by atoms with van der Waals surface area (Å²) in [6.07, 6.45) is 1.78. The summed E-state index contributed by atoms with van der Waals surface area (Å²) in [6.45, 7) is 0.323. The largest absolute Gasteiger partial charge is 0.337 e. The molecule has 1 aromatic heterocycles. The van der Waals surface area contributed by atoms with Gasteiger partial charge in [-0.05, 0) is 43.2 Å². The average molecular weight is 430 g/mol. The molecule has 29 heavy (non-hydrogen) atoms. The van der Waals surface area contributed by atoms with E-state index in [1.807, 2.05) is 0 Å². The molecule has 2 amide bonds. The van der Waals surface area contributed by atoms with E-state index in [-0.39, 0.29) is 42.3 Å². The SMILES string of the molecule is N#Cc1ccc(-c2cc(NC(=O)C3CC3)ccc2C(=O)N2CCS(=O)(=O)CC2)s1. The van der Waals surface area contributed by atoms with Crippen LogP contribution in [0.15, 0.2) is 30.3 Å². The molecule has 2 heterocycles. The van der Waals surface area contributed by atoms with Gasteiger partial charge in [0.25, 0.3) is 5.91 Å². The molecule has 2 aliphatic rings. The number of thiophene rings is 1. The zero-order valence-electron chi connectivity index (χ0n) is 15.6. The van der Waals surface area contributed by atoms with Crippen molar-refractivity contribution in [2.75, 3.05) is 29.9 Å². The number of nitrogens with one attached hydrogen (secondary N) is 1. The van der Waals surface area contributed by atoms with Crippen LogP contribution in [0.5, 0.6) is 0 Å². The molecule has 1 N–H and O–H groups in total. The van der Waals surface area contributed by atoms with Gasteiger partial charge in [0.15, 0.2) is 9.84 Å². The van der Waals surface area contributed by atoms with Crippen LogP contribution in [0.4, 0.5) is 5.69 Å². The molecule has 1 aliphatic carbocycles. The van der Waals surface area contributed by atoms with Gasteiger partial charge in [-0.2, -0.15) is 5.26 Å². The van der Waals surface area contributed by atoms with E-state index in [4.69, 9.17) is 5.26 Å². The lowest BCUT2D eigenvalue weighted by Gasteiger charge is -2.27. The highest BCUT2D eigenvalue weighted by Gasteiger charge is 2.30. The predicted octanol–water partition coefficient (Wildman–Crippen LogP) is 2.51. The minimum absolute atomic E-state index is 0.0276. The third kappa shape index (κ3) is 4.33. The Bertz CT molecular complexity index is 1110. The molecule has 0 bridgehead atoms. The van der Waals surface area contributed by atoms with Crippen LogP contribution < -0.4 is 5.32 Å². The van der Waals surface area contributed by atoms with Gasteiger partial charge >= 0.3 is 0 Å². The number of carbonyl (C=O) groups is 2. The second kappa shape index (κ2) is 7.61. The minimum atomic E-state index is -3.09. The van der Waals surface area contributed by atoms with Gasteiger partial charge in [-0.25, -0.2) is 8.42 Å². The van der Waals surface area contributed by atoms with Crippen LogP contribution >= 0.6 is 11.3 Å². The van der Waals surface area contributed by atoms with Crippen LogP contribution in [0.2, 0.25) is 0 Å². The Morgan fingerprint density at radius 1 is 1.14 bits per heavy atom. The third-order valence-electron chi connectivity index (χ3n) is 5.08. The first kappa shape index (κ1) is 19.6. The van der Waals surface area contributed by atoms with Gasteiger partial charge in [0.2, 0.25) is 5.91 Å². The molecule has 1 aromatic carbocycles. The van der Waals surface area contributed by atoms with E-state index in [9.17, 15) is 18.0 Å². The molecule has 150 valence electrons. The summed E-state index contributed by atoms with van der Waals surface area (Å²) in [4.78, 5) is 28.0. The highest BCUT2D eigenvalue weighted by molar-refractivity contribution is 7.91. The lowest BCUT2D eigenvalue weighted by Crippen LogP contribution is -2.43. The fraction of sp³-hybridized carbons (Fsp3) is 0.350. The molecule has 2 aromatic rings. The monoisotopic (exact) mass is 429 g/mol. The van der Waals surface area contributed by atoms with Crippen molar-refractivity contribution < 1.29 is 18.0 Å². The maximum absolute atomic E-state index is 13.1. The number of amides is 2. The molecule has 7 nitrogen and oxygen atoms in total. The summed E-state index contributed by atoms with van der Waals surface area (Å²) < 4.78 is 23.4. The fourth-order valence-electron chi connectivity index (χ4n) is 3.23. The molecular formula is C20H19N3O4S2. The lowest BCUT2D eigenvalue weighted by atomic mass is 10.0. The number of sulfone groups is 1. The first-order chi connectivity index (χ1) is 13.9. The quantitative estimate of drug-likeness (QED) is 0.804. The van der Waals surface area contributed by atoms with E-state index in [1.54, 1.807) is 35.2 Å². The van der Waals surface area contributed by atoms with Gasteiger partial charge in [-0.3, -0.25) is 9.59 Å². The average Bonchev–Trinajstić information content (AvgIpc) is 3.45. The number of carbonyl (C=O) groups excluding carboxylic acids is 2. The van der Waals surface area contributed by atoms with Gasteiger partial charge in [0, 0.05) is 40.7 Å². The summed E-state index contributed by atoms with van der Waals surface area (Å²) in [7, 11) is -3.09. The van der Waals surface area contributed by atoms with Crippen LogP contribution in [0, 0.1) is 17.2 Å². The summed E-state index contributed by atoms with van der Waals surface area (Å²) in [5, 5.41) is 12.0. The standard InChI is InChI=1S/C20H19N3O4S2/c21-12-15-4-6-18(28-15)17-11-14(22-19(24)13-1-2-13)3-5-16(17)20(25)23-7-9-29(26,27)10-8-23/h3-6,11,13H,1-2,7-10H2,(H,22,24). The second-order valence-corrected chi connectivity index (χ2v) is 10.6. The number of benzene rings is 1. The number of hydrogen-bond donors (Lipinski definition) is 1. The first-order valence-electron chi connectivity index (χ1n) is 9.31. The Morgan fingerprint density at radius 2 is 1.86 bits per heavy atom. The molecular weight excluding hydrogens is 410 g/mol. The Morgan fingerprint density at radius 3 is 2.48 bits per heavy atom. The predicted molar refractivity (Wildman–Crippen MR) is 110 cm³/mol. The maximum atomic E-state index is 13.1. The van der Waals surface area contributed by atoms with Crippen LogP contribution in [0.3, 0.4) is 0 Å². The van der Waals surface area contributed by atoms with Crippen molar-refractivity contribution in [3.8, 4) is 16.5 Å². The summed E-state index contributed by atoms with van der Waals surface area (Å²) in [5.74, 6) is -0.299. The molecule has 0 spiro atoms. The van der Waals surface area contributed by atoms with E-state index in [1.165, 1.54) is 11.3 Å². The number of hydrogen-bond acceptors (Lipinski definition) is 6. The lowest BCUT2D eigenvalue weighted by molar-refractivity contribution is -0.117. The Balaban J connectivity index is 1.67. The van der Waals surface area contributed by atoms with Gasteiger partial charge in [0.05, 0.1) is 11.5 Å². The first-order valence-corrected chi connectivity index (χ1v) is 11.9. The topological polar surface area (TPSA) is 107 Å². The molecule has 0 atom stereocenters. The van der Waals surface area contributed by atoms with Crippen molar-refractivity contribution in [1.29, 1.82) is 5.26 Å². The van der Waals surface area contributed by atoms with E-state index >= 15 is 0 Å². The molecule has 1 saturated carbocycles. The van der Waals surface area contributed by atoms with Gasteiger partial charge in [-0.15, -0.1) is 11.3 Å². The van der Waals surface area contributed by atoms with Crippen LogP contribution in [0.1, 0.15) is 28.1 Å². The normalized spacial score (nSPS) is 18.1. The molecule has 0 radical (unpaired) electrons. The second-order valence-electron chi connectivity index (χ2n) is 7.24. The van der Waals surface area contributed by atoms with E-state index < -0.39 is 9.84 Å². The van der Waals surface area contributed by atoms with Crippen molar-refractivity contribution in [3.63, 3.8) is 0 Å². The highest BCUT2D eigenvalue weighted by Crippen LogP contribution is 2.35. The molecule has 4 rings (SSSR count). The number of nitriles is 1. The molecule has 9 heteroatoms. The van der Waals surface area contributed by atoms with E-state index in [2.05, 4.69) is 11.4 Å². The van der Waals surface area contributed by atoms with Gasteiger partial charge in [0.1, 0.15) is 10.9 Å². The van der Waals surface area contributed by atoms with Crippen LogP contribution in [-0.4, -0.2) is 49.7 Å². The third-order valence-corrected chi connectivity index (χ3v) is 7.71. The fourth-order valence-corrected chi connectivity index (χ4v) is 5.27. The van der Waals surface area contributed by atoms with Crippen molar-refractivity contribution in [2.45, 2.75) is 12.8 Å². The smallest absolute Gasteiger partial charge is 0.254 e. The zero-order chi connectivity index (χ0) is 20.6. The Kier molecular flexibility index (Phi) is 5.15. The van der Waals surface area contributed by atoms with E-state index in [0.29, 0.717) is 21.7 Å². The van der Waals surface area contributed by atoms with Crippen molar-refractivity contribution >= 4 is 38.7 Å². The number of anilines is 1. The van der Waals surface area contributed by atoms with Crippen molar-refractivity contribution in [3.05, 3.63) is 40.8 Å². The maximum Gasteiger partial charge on any atom is 0.254 e. The molecule has 0 unspecified atom stereocenters. The number of nitrogens with zero attached hydrogens (tertiary/aromatic N) is 2. The van der Waals surface area contributed by atoms with Gasteiger partial charge in [-0.1, -0.05) is 0 Å². The van der Waals surface area contributed by atoms with Crippen molar-refractivity contribution in [2.24, 2.45) is 5.92 Å². The Labute approximate surface area is 172 Å². The zero-order valence-corrected chi connectivity index (χ0v) is 17.2. The number of rotatable bonds is 4. The van der Waals surface area contributed by atoms with Gasteiger partial charge < -0.3 is 10.2 Å². The Hall–Kier alpha value is -2.70. The summed E-state index contributed by atoms with van der Waals surface area (Å²) >= 11 is 1.27. The minimum Gasteiger partial charge on any atom is -0.337 e. The highest BCUT2D eigenvalue weighted by atomic mass is 32.2. The van der Waals surface area contributed by atoms with Crippen LogP contribution in [-0.2, 0) is 14.6 Å². The molecule has 2 fully saturated rings.